The van der Waals surface area contributed by atoms with Gasteiger partial charge < -0.3 is 14.4 Å². The second kappa shape index (κ2) is 11.1. The van der Waals surface area contributed by atoms with Gasteiger partial charge in [-0.25, -0.2) is 4.79 Å². The van der Waals surface area contributed by atoms with Crippen molar-refractivity contribution in [2.75, 3.05) is 0 Å². The van der Waals surface area contributed by atoms with Crippen LogP contribution in [0.5, 0.6) is 5.75 Å². The maximum atomic E-state index is 11.4. The molecule has 5 rings (SSSR count). The highest BCUT2D eigenvalue weighted by Crippen LogP contribution is 2.46. The van der Waals surface area contributed by atoms with E-state index in [0.29, 0.717) is 55.5 Å². The summed E-state index contributed by atoms with van der Waals surface area (Å²) in [6, 6.07) is 15.7. The van der Waals surface area contributed by atoms with Crippen LogP contribution in [-0.2, 0) is 13.0 Å². The summed E-state index contributed by atoms with van der Waals surface area (Å²) in [5.41, 5.74) is 4.33. The number of aromatic nitrogens is 1. The largest absolute Gasteiger partial charge is 0.489 e. The van der Waals surface area contributed by atoms with Gasteiger partial charge in [-0.1, -0.05) is 64.8 Å². The summed E-state index contributed by atoms with van der Waals surface area (Å²) in [6.45, 7) is 2.17. The van der Waals surface area contributed by atoms with E-state index in [1.165, 1.54) is 0 Å². The molecule has 4 aromatic rings. The molecule has 1 saturated carbocycles. The van der Waals surface area contributed by atoms with Crippen molar-refractivity contribution in [3.8, 4) is 28.8 Å². The Morgan fingerprint density at radius 1 is 1.05 bits per heavy atom. The first kappa shape index (κ1) is 26.2. The Bertz CT molecular complexity index is 1570. The first-order valence-electron chi connectivity index (χ1n) is 12.1. The fraction of sp³-hybridized carbons (Fsp3) is 0.200. The SMILES string of the molecule is CCc1cc(C#Cc2ccc(OCc3c(-c4c(Cl)cccc4Cl)noc3C3CC3)cc2Cl)cc(C(=O)O)c1. The summed E-state index contributed by atoms with van der Waals surface area (Å²) in [7, 11) is 0. The minimum absolute atomic E-state index is 0.204. The van der Waals surface area contributed by atoms with Gasteiger partial charge in [-0.15, -0.1) is 0 Å². The van der Waals surface area contributed by atoms with Crippen molar-refractivity contribution in [1.82, 2.24) is 5.16 Å². The number of halogens is 3. The van der Waals surface area contributed by atoms with Gasteiger partial charge in [0.15, 0.2) is 0 Å². The van der Waals surface area contributed by atoms with Gasteiger partial charge in [0.2, 0.25) is 0 Å². The zero-order valence-electron chi connectivity index (χ0n) is 20.4. The molecule has 1 aliphatic rings. The van der Waals surface area contributed by atoms with Gasteiger partial charge in [0, 0.05) is 28.7 Å². The molecule has 0 saturated heterocycles. The van der Waals surface area contributed by atoms with E-state index in [1.807, 2.05) is 13.0 Å². The standard InChI is InChI=1S/C30H22Cl3NO4/c1-2-17-12-18(14-21(13-17)30(35)36)6-7-19-10-11-22(15-26(19)33)37-16-23-28(34-38-29(23)20-8-9-20)27-24(31)4-3-5-25(27)32/h3-5,10-15,20H,2,8-9,16H2,1H3,(H,35,36). The van der Waals surface area contributed by atoms with Crippen LogP contribution in [0.4, 0.5) is 0 Å². The first-order valence-corrected chi connectivity index (χ1v) is 13.2. The van der Waals surface area contributed by atoms with E-state index in [2.05, 4.69) is 17.0 Å². The monoisotopic (exact) mass is 565 g/mol. The molecule has 0 atom stereocenters. The molecule has 0 bridgehead atoms. The minimum Gasteiger partial charge on any atom is -0.489 e. The van der Waals surface area contributed by atoms with Gasteiger partial charge in [-0.3, -0.25) is 0 Å². The molecule has 0 amide bonds. The van der Waals surface area contributed by atoms with Crippen molar-refractivity contribution in [3.05, 3.63) is 103 Å². The van der Waals surface area contributed by atoms with E-state index in [9.17, 15) is 9.90 Å². The lowest BCUT2D eigenvalue weighted by atomic mass is 10.0. The van der Waals surface area contributed by atoms with Gasteiger partial charge in [0.1, 0.15) is 23.8 Å². The third-order valence-electron chi connectivity index (χ3n) is 6.28. The zero-order chi connectivity index (χ0) is 26.8. The van der Waals surface area contributed by atoms with Crippen LogP contribution >= 0.6 is 34.8 Å². The minimum atomic E-state index is -0.986. The van der Waals surface area contributed by atoms with Gasteiger partial charge >= 0.3 is 5.97 Å². The highest BCUT2D eigenvalue weighted by atomic mass is 35.5. The molecule has 1 fully saturated rings. The Kier molecular flexibility index (Phi) is 7.67. The molecule has 0 radical (unpaired) electrons. The molecule has 8 heteroatoms. The summed E-state index contributed by atoms with van der Waals surface area (Å²) >= 11 is 19.4. The molecule has 1 N–H and O–H groups in total. The second-order valence-electron chi connectivity index (χ2n) is 9.00. The predicted octanol–water partition coefficient (Wildman–Crippen LogP) is 8.42. The number of hydrogen-bond acceptors (Lipinski definition) is 4. The lowest BCUT2D eigenvalue weighted by Crippen LogP contribution is -2.00. The van der Waals surface area contributed by atoms with E-state index < -0.39 is 5.97 Å². The number of hydrogen-bond donors (Lipinski definition) is 1. The summed E-state index contributed by atoms with van der Waals surface area (Å²) in [5.74, 6) is 6.73. The van der Waals surface area contributed by atoms with Gasteiger partial charge in [-0.2, -0.15) is 0 Å². The van der Waals surface area contributed by atoms with Gasteiger partial charge in [0.25, 0.3) is 0 Å². The molecule has 1 heterocycles. The molecular weight excluding hydrogens is 545 g/mol. The fourth-order valence-corrected chi connectivity index (χ4v) is 4.92. The molecular formula is C30H22Cl3NO4. The first-order chi connectivity index (χ1) is 18.3. The van der Waals surface area contributed by atoms with E-state index in [0.717, 1.165) is 29.7 Å². The lowest BCUT2D eigenvalue weighted by Gasteiger charge is -2.10. The molecule has 192 valence electrons. The van der Waals surface area contributed by atoms with Crippen LogP contribution in [0.3, 0.4) is 0 Å². The number of rotatable bonds is 7. The molecule has 1 aromatic heterocycles. The Balaban J connectivity index is 1.38. The van der Waals surface area contributed by atoms with Crippen LogP contribution in [0, 0.1) is 11.8 Å². The van der Waals surface area contributed by atoms with Crippen molar-refractivity contribution in [1.29, 1.82) is 0 Å². The van der Waals surface area contributed by atoms with Crippen LogP contribution in [-0.4, -0.2) is 16.2 Å². The van der Waals surface area contributed by atoms with Crippen molar-refractivity contribution in [2.24, 2.45) is 0 Å². The third kappa shape index (κ3) is 5.68. The summed E-state index contributed by atoms with van der Waals surface area (Å²) in [6.07, 6.45) is 2.78. The highest BCUT2D eigenvalue weighted by Gasteiger charge is 2.33. The van der Waals surface area contributed by atoms with E-state index in [4.69, 9.17) is 44.1 Å². The Labute approximate surface area is 235 Å². The number of ether oxygens (including phenoxy) is 1. The summed E-state index contributed by atoms with van der Waals surface area (Å²) < 4.78 is 11.8. The molecule has 0 aliphatic heterocycles. The lowest BCUT2D eigenvalue weighted by molar-refractivity contribution is 0.0696. The van der Waals surface area contributed by atoms with Crippen molar-refractivity contribution >= 4 is 40.8 Å². The van der Waals surface area contributed by atoms with E-state index in [1.54, 1.807) is 48.5 Å². The topological polar surface area (TPSA) is 72.6 Å². The fourth-order valence-electron chi connectivity index (χ4n) is 4.12. The predicted molar refractivity (Wildman–Crippen MR) is 148 cm³/mol. The molecule has 38 heavy (non-hydrogen) atoms. The average molecular weight is 567 g/mol. The van der Waals surface area contributed by atoms with Gasteiger partial charge in [-0.05, 0) is 67.3 Å². The molecule has 0 unspecified atom stereocenters. The number of aryl methyl sites for hydroxylation is 1. The molecule has 3 aromatic carbocycles. The van der Waals surface area contributed by atoms with Crippen LogP contribution in [0.25, 0.3) is 11.3 Å². The number of benzene rings is 3. The van der Waals surface area contributed by atoms with Crippen LogP contribution in [0.2, 0.25) is 15.1 Å². The number of carboxylic acids is 1. The van der Waals surface area contributed by atoms with Crippen LogP contribution in [0.1, 0.15) is 64.1 Å². The summed E-state index contributed by atoms with van der Waals surface area (Å²) in [4.78, 5) is 11.4. The normalized spacial score (nSPS) is 12.6. The Hall–Kier alpha value is -3.43. The molecule has 5 nitrogen and oxygen atoms in total. The van der Waals surface area contributed by atoms with E-state index in [-0.39, 0.29) is 12.2 Å². The number of carboxylic acid groups (broad SMARTS) is 1. The van der Waals surface area contributed by atoms with Crippen molar-refractivity contribution in [3.63, 3.8) is 0 Å². The average Bonchev–Trinajstić information content (AvgIpc) is 3.66. The number of aromatic carboxylic acids is 1. The molecule has 0 spiro atoms. The summed E-state index contributed by atoms with van der Waals surface area (Å²) in [5, 5.41) is 15.0. The third-order valence-corrected chi connectivity index (χ3v) is 7.22. The molecule has 1 aliphatic carbocycles. The Morgan fingerprint density at radius 3 is 2.47 bits per heavy atom. The second-order valence-corrected chi connectivity index (χ2v) is 10.2. The maximum absolute atomic E-state index is 11.4. The number of nitrogens with zero attached hydrogens (tertiary/aromatic N) is 1. The van der Waals surface area contributed by atoms with Crippen LogP contribution in [0.15, 0.2) is 59.1 Å². The zero-order valence-corrected chi connectivity index (χ0v) is 22.6. The Morgan fingerprint density at radius 2 is 1.82 bits per heavy atom. The van der Waals surface area contributed by atoms with Crippen LogP contribution < -0.4 is 4.74 Å². The maximum Gasteiger partial charge on any atom is 0.335 e. The van der Waals surface area contributed by atoms with Crippen molar-refractivity contribution < 1.29 is 19.2 Å². The van der Waals surface area contributed by atoms with Crippen molar-refractivity contribution in [2.45, 2.75) is 38.7 Å². The smallest absolute Gasteiger partial charge is 0.335 e. The van der Waals surface area contributed by atoms with E-state index >= 15 is 0 Å². The number of carbonyl (C=O) groups is 1. The highest BCUT2D eigenvalue weighted by molar-refractivity contribution is 6.39. The quantitative estimate of drug-likeness (QED) is 0.227. The van der Waals surface area contributed by atoms with Gasteiger partial charge in [0.05, 0.1) is 26.2 Å².